The number of amides is 1. The average Bonchev–Trinajstić information content (AvgIpc) is 3.15. The Bertz CT molecular complexity index is 1170. The standard InChI is InChI=1S/C25H25N3O6/c26-21-11-5-10-19(23(21)28(32)33)24(30)22(29)12-13-27-25(31)34-14-20-17-8-3-1-6-15(17)16-7-2-4-9-18(16)20/h1-11,20,22,24,29-30H,12-14,26H2,(H,27,31). The number of para-hydroxylation sites is 1. The highest BCUT2D eigenvalue weighted by atomic mass is 16.6. The Kier molecular flexibility index (Phi) is 6.76. The van der Waals surface area contributed by atoms with Crippen LogP contribution in [0.2, 0.25) is 0 Å². The van der Waals surface area contributed by atoms with Crippen molar-refractivity contribution in [2.24, 2.45) is 0 Å². The fourth-order valence-corrected chi connectivity index (χ4v) is 4.37. The molecule has 0 bridgehead atoms. The van der Waals surface area contributed by atoms with Gasteiger partial charge in [-0.25, -0.2) is 4.79 Å². The molecule has 0 fully saturated rings. The maximum atomic E-state index is 12.2. The largest absolute Gasteiger partial charge is 0.449 e. The van der Waals surface area contributed by atoms with Gasteiger partial charge in [-0.1, -0.05) is 54.6 Å². The Morgan fingerprint density at radius 3 is 2.26 bits per heavy atom. The number of aliphatic hydroxyl groups excluding tert-OH is 2. The van der Waals surface area contributed by atoms with E-state index in [1.165, 1.54) is 18.2 Å². The van der Waals surface area contributed by atoms with Crippen LogP contribution in [0.15, 0.2) is 66.7 Å². The number of aliphatic hydroxyl groups is 2. The third kappa shape index (κ3) is 4.57. The van der Waals surface area contributed by atoms with E-state index in [2.05, 4.69) is 5.32 Å². The number of alkyl carbamates (subject to hydrolysis) is 1. The fourth-order valence-electron chi connectivity index (χ4n) is 4.37. The summed E-state index contributed by atoms with van der Waals surface area (Å²) < 4.78 is 5.43. The Labute approximate surface area is 196 Å². The molecule has 34 heavy (non-hydrogen) atoms. The molecule has 9 nitrogen and oxygen atoms in total. The lowest BCUT2D eigenvalue weighted by atomic mass is 9.98. The van der Waals surface area contributed by atoms with Gasteiger partial charge in [-0.2, -0.15) is 0 Å². The smallest absolute Gasteiger partial charge is 0.407 e. The summed E-state index contributed by atoms with van der Waals surface area (Å²) in [6, 6.07) is 20.1. The molecule has 2 unspecified atom stereocenters. The summed E-state index contributed by atoms with van der Waals surface area (Å²) in [4.78, 5) is 22.8. The number of nitrogens with one attached hydrogen (secondary N) is 1. The zero-order valence-corrected chi connectivity index (χ0v) is 18.3. The van der Waals surface area contributed by atoms with Gasteiger partial charge in [0, 0.05) is 12.5 Å². The van der Waals surface area contributed by atoms with Crippen molar-refractivity contribution in [1.29, 1.82) is 0 Å². The van der Waals surface area contributed by atoms with Crippen LogP contribution in [0.3, 0.4) is 0 Å². The quantitative estimate of drug-likeness (QED) is 0.227. The number of hydrogen-bond acceptors (Lipinski definition) is 7. The number of nitrogens with zero attached hydrogens (tertiary/aromatic N) is 1. The number of carbonyl (C=O) groups excluding carboxylic acids is 1. The Morgan fingerprint density at radius 1 is 1.03 bits per heavy atom. The number of hydrogen-bond donors (Lipinski definition) is 4. The molecule has 0 radical (unpaired) electrons. The second-order valence-corrected chi connectivity index (χ2v) is 8.10. The van der Waals surface area contributed by atoms with Gasteiger partial charge < -0.3 is 26.0 Å². The molecule has 1 amide bonds. The van der Waals surface area contributed by atoms with Gasteiger partial charge in [-0.05, 0) is 40.8 Å². The minimum atomic E-state index is -1.53. The highest BCUT2D eigenvalue weighted by Crippen LogP contribution is 2.44. The minimum absolute atomic E-state index is 0.00497. The van der Waals surface area contributed by atoms with Crippen molar-refractivity contribution in [2.45, 2.75) is 24.5 Å². The van der Waals surface area contributed by atoms with Crippen molar-refractivity contribution < 1.29 is 24.7 Å². The third-order valence-electron chi connectivity index (χ3n) is 6.02. The Balaban J connectivity index is 1.31. The van der Waals surface area contributed by atoms with Gasteiger partial charge in [0.15, 0.2) is 0 Å². The van der Waals surface area contributed by atoms with E-state index in [0.717, 1.165) is 22.3 Å². The molecule has 5 N–H and O–H groups in total. The molecule has 3 aromatic rings. The lowest BCUT2D eigenvalue weighted by molar-refractivity contribution is -0.385. The van der Waals surface area contributed by atoms with Crippen LogP contribution in [0.5, 0.6) is 0 Å². The van der Waals surface area contributed by atoms with E-state index < -0.39 is 28.9 Å². The van der Waals surface area contributed by atoms with Crippen molar-refractivity contribution in [1.82, 2.24) is 5.32 Å². The molecule has 0 aromatic heterocycles. The maximum Gasteiger partial charge on any atom is 0.407 e. The lowest BCUT2D eigenvalue weighted by Gasteiger charge is -2.19. The van der Waals surface area contributed by atoms with E-state index >= 15 is 0 Å². The normalized spacial score (nSPS) is 14.1. The number of nitro groups is 1. The summed E-state index contributed by atoms with van der Waals surface area (Å²) >= 11 is 0. The van der Waals surface area contributed by atoms with Gasteiger partial charge in [0.2, 0.25) is 0 Å². The SMILES string of the molecule is Nc1cccc(C(O)C(O)CCNC(=O)OCC2c3ccccc3-c3ccccc32)c1[N+](=O)[O-]. The van der Waals surface area contributed by atoms with Crippen LogP contribution in [0, 0.1) is 10.1 Å². The lowest BCUT2D eigenvalue weighted by Crippen LogP contribution is -2.30. The molecule has 9 heteroatoms. The van der Waals surface area contributed by atoms with Gasteiger partial charge >= 0.3 is 6.09 Å². The molecular weight excluding hydrogens is 438 g/mol. The van der Waals surface area contributed by atoms with Gasteiger partial charge in [0.25, 0.3) is 5.69 Å². The monoisotopic (exact) mass is 463 g/mol. The van der Waals surface area contributed by atoms with E-state index in [0.29, 0.717) is 0 Å². The summed E-state index contributed by atoms with van der Waals surface area (Å²) in [5.74, 6) is -0.0744. The van der Waals surface area contributed by atoms with E-state index in [9.17, 15) is 25.1 Å². The molecule has 4 rings (SSSR count). The first-order chi connectivity index (χ1) is 16.4. The topological polar surface area (TPSA) is 148 Å². The molecule has 0 saturated heterocycles. The molecule has 2 atom stereocenters. The van der Waals surface area contributed by atoms with E-state index in [1.807, 2.05) is 48.5 Å². The summed E-state index contributed by atoms with van der Waals surface area (Å²) in [6.45, 7) is 0.158. The molecule has 1 aliphatic carbocycles. The van der Waals surface area contributed by atoms with Crippen LogP contribution < -0.4 is 11.1 Å². The van der Waals surface area contributed by atoms with Crippen LogP contribution in [-0.2, 0) is 4.74 Å². The number of anilines is 1. The van der Waals surface area contributed by atoms with E-state index in [4.69, 9.17) is 10.5 Å². The number of ether oxygens (including phenoxy) is 1. The van der Waals surface area contributed by atoms with E-state index in [-0.39, 0.29) is 36.7 Å². The maximum absolute atomic E-state index is 12.2. The van der Waals surface area contributed by atoms with Gasteiger partial charge in [-0.3, -0.25) is 10.1 Å². The van der Waals surface area contributed by atoms with Gasteiger partial charge in [-0.15, -0.1) is 0 Å². The highest BCUT2D eigenvalue weighted by molar-refractivity contribution is 5.79. The second kappa shape index (κ2) is 9.90. The summed E-state index contributed by atoms with van der Waals surface area (Å²) in [5, 5.41) is 34.5. The molecule has 0 saturated carbocycles. The predicted octanol–water partition coefficient (Wildman–Crippen LogP) is 3.50. The highest BCUT2D eigenvalue weighted by Gasteiger charge is 2.30. The average molecular weight is 463 g/mol. The molecule has 0 heterocycles. The van der Waals surface area contributed by atoms with Crippen molar-refractivity contribution in [3.63, 3.8) is 0 Å². The van der Waals surface area contributed by atoms with Crippen LogP contribution >= 0.6 is 0 Å². The number of benzene rings is 3. The Hall–Kier alpha value is -3.95. The van der Waals surface area contributed by atoms with Crippen LogP contribution in [0.25, 0.3) is 11.1 Å². The van der Waals surface area contributed by atoms with Crippen LogP contribution in [0.4, 0.5) is 16.2 Å². The molecule has 0 spiro atoms. The van der Waals surface area contributed by atoms with Gasteiger partial charge in [0.1, 0.15) is 18.4 Å². The molecular formula is C25H25N3O6. The van der Waals surface area contributed by atoms with Crippen molar-refractivity contribution in [3.05, 3.63) is 93.5 Å². The summed E-state index contributed by atoms with van der Waals surface area (Å²) in [7, 11) is 0. The predicted molar refractivity (Wildman–Crippen MR) is 126 cm³/mol. The first-order valence-corrected chi connectivity index (χ1v) is 10.9. The van der Waals surface area contributed by atoms with Crippen LogP contribution in [0.1, 0.15) is 35.1 Å². The molecule has 3 aromatic carbocycles. The van der Waals surface area contributed by atoms with Gasteiger partial charge in [0.05, 0.1) is 16.6 Å². The number of nitrogens with two attached hydrogens (primary N) is 1. The number of fused-ring (bicyclic) bond motifs is 3. The second-order valence-electron chi connectivity index (χ2n) is 8.10. The zero-order chi connectivity index (χ0) is 24.2. The minimum Gasteiger partial charge on any atom is -0.449 e. The Morgan fingerprint density at radius 2 is 1.65 bits per heavy atom. The molecule has 0 aliphatic heterocycles. The molecule has 176 valence electrons. The first-order valence-electron chi connectivity index (χ1n) is 10.9. The van der Waals surface area contributed by atoms with Crippen LogP contribution in [-0.4, -0.2) is 40.5 Å². The first kappa shape index (κ1) is 23.2. The molecule has 1 aliphatic rings. The summed E-state index contributed by atoms with van der Waals surface area (Å²) in [5.41, 5.74) is 9.44. The number of rotatable bonds is 8. The third-order valence-corrected chi connectivity index (χ3v) is 6.02. The van der Waals surface area contributed by atoms with Crippen molar-refractivity contribution in [2.75, 3.05) is 18.9 Å². The van der Waals surface area contributed by atoms with Crippen molar-refractivity contribution in [3.8, 4) is 11.1 Å². The number of nitro benzene ring substituents is 1. The number of nitrogen functional groups attached to an aromatic ring is 1. The summed E-state index contributed by atoms with van der Waals surface area (Å²) in [6.07, 6.45) is -3.58. The zero-order valence-electron chi connectivity index (χ0n) is 18.3. The van der Waals surface area contributed by atoms with E-state index in [1.54, 1.807) is 0 Å². The fraction of sp³-hybridized carbons (Fsp3) is 0.240. The van der Waals surface area contributed by atoms with Crippen molar-refractivity contribution >= 4 is 17.5 Å². The number of carbonyl (C=O) groups is 1.